The molecule has 2 aromatic rings. The number of hydrogen-bond donors (Lipinski definition) is 2. The Morgan fingerprint density at radius 3 is 2.23 bits per heavy atom. The fourth-order valence-electron chi connectivity index (χ4n) is 1.94. The summed E-state index contributed by atoms with van der Waals surface area (Å²) in [6.45, 7) is 0. The number of rotatable bonds is 3. The van der Waals surface area contributed by atoms with Gasteiger partial charge in [-0.25, -0.2) is 0 Å². The van der Waals surface area contributed by atoms with Crippen molar-refractivity contribution in [3.8, 4) is 29.1 Å². The highest BCUT2D eigenvalue weighted by atomic mass is 16.6. The van der Waals surface area contributed by atoms with Crippen LogP contribution in [0.4, 0.5) is 5.69 Å². The van der Waals surface area contributed by atoms with Gasteiger partial charge in [0.15, 0.2) is 0 Å². The van der Waals surface area contributed by atoms with Gasteiger partial charge in [-0.1, -0.05) is 0 Å². The van der Waals surface area contributed by atoms with Gasteiger partial charge in [0.05, 0.1) is 4.92 Å². The first-order chi connectivity index (χ1) is 10.5. The predicted octanol–water partition coefficient (Wildman–Crippen LogP) is 0.229. The lowest BCUT2D eigenvalue weighted by molar-refractivity contribution is -0.636. The van der Waals surface area contributed by atoms with Gasteiger partial charge in [-0.2, -0.15) is 16.4 Å². The third-order valence-corrected chi connectivity index (χ3v) is 2.92. The van der Waals surface area contributed by atoms with Crippen LogP contribution in [0.3, 0.4) is 0 Å². The predicted molar refractivity (Wildman–Crippen MR) is 72.1 cm³/mol. The molecule has 0 aliphatic rings. The van der Waals surface area contributed by atoms with Gasteiger partial charge >= 0.3 is 0 Å². The minimum Gasteiger partial charge on any atom is -0.301 e. The number of aromatic amines is 1. The molecule has 0 aliphatic heterocycles. The van der Waals surface area contributed by atoms with E-state index in [9.17, 15) is 20.2 Å². The van der Waals surface area contributed by atoms with E-state index in [-0.39, 0.29) is 28.3 Å². The minimum atomic E-state index is -0.742. The highest BCUT2D eigenvalue weighted by molar-refractivity contribution is 5.78. The van der Waals surface area contributed by atoms with Crippen molar-refractivity contribution in [2.75, 3.05) is 0 Å². The van der Waals surface area contributed by atoms with Crippen LogP contribution >= 0.6 is 0 Å². The molecule has 0 bridgehead atoms. The molecule has 0 saturated carbocycles. The van der Waals surface area contributed by atoms with Gasteiger partial charge in [0.25, 0.3) is 17.1 Å². The Labute approximate surface area is 122 Å². The standard InChI is InChI=1S/C13H7N5O4/c14-5-9-11(7-1-3-8(4-2-7)18(20)21)10(6-15)13(22-16)17-12(9)19/h1-4H,16H3/p+1. The van der Waals surface area contributed by atoms with E-state index in [0.717, 1.165) is 0 Å². The summed E-state index contributed by atoms with van der Waals surface area (Å²) in [4.78, 5) is 28.9. The van der Waals surface area contributed by atoms with Crippen LogP contribution in [0.25, 0.3) is 11.1 Å². The Balaban J connectivity index is 2.81. The van der Waals surface area contributed by atoms with Gasteiger partial charge in [0.2, 0.25) is 0 Å². The molecule has 0 atom stereocenters. The lowest BCUT2D eigenvalue weighted by atomic mass is 9.97. The molecular formula is C13H8N5O4+. The van der Waals surface area contributed by atoms with Crippen molar-refractivity contribution in [3.05, 3.63) is 55.9 Å². The molecule has 0 spiro atoms. The Kier molecular flexibility index (Phi) is 3.84. The summed E-state index contributed by atoms with van der Waals surface area (Å²) in [6, 6.07) is 8.67. The second kappa shape index (κ2) is 5.75. The molecule has 22 heavy (non-hydrogen) atoms. The molecule has 1 aromatic carbocycles. The zero-order chi connectivity index (χ0) is 16.3. The maximum absolute atomic E-state index is 11.9. The third-order valence-electron chi connectivity index (χ3n) is 2.92. The SMILES string of the molecule is N#Cc1c(O[NH3+])[nH]c(=O)c(C#N)c1-c1ccc([N+](=O)[O-])cc1. The third kappa shape index (κ3) is 2.35. The fraction of sp³-hybridized carbons (Fsp3) is 0. The van der Waals surface area contributed by atoms with Crippen molar-refractivity contribution in [3.63, 3.8) is 0 Å². The van der Waals surface area contributed by atoms with Crippen LogP contribution in [0, 0.1) is 32.8 Å². The summed E-state index contributed by atoms with van der Waals surface area (Å²) < 4.78 is 0. The van der Waals surface area contributed by atoms with Gasteiger partial charge in [0.1, 0.15) is 23.3 Å². The van der Waals surface area contributed by atoms with Crippen LogP contribution in [0.5, 0.6) is 5.88 Å². The van der Waals surface area contributed by atoms with E-state index >= 15 is 0 Å². The second-order valence-electron chi connectivity index (χ2n) is 4.08. The number of aromatic nitrogens is 1. The van der Waals surface area contributed by atoms with Gasteiger partial charge in [-0.15, -0.1) is 0 Å². The fourth-order valence-corrected chi connectivity index (χ4v) is 1.94. The molecular weight excluding hydrogens is 290 g/mol. The minimum absolute atomic E-state index is 0.0438. The summed E-state index contributed by atoms with van der Waals surface area (Å²) in [5.74, 6) is 2.96. The Bertz CT molecular complexity index is 887. The van der Waals surface area contributed by atoms with E-state index in [1.807, 2.05) is 6.07 Å². The normalized spacial score (nSPS) is 9.59. The Morgan fingerprint density at radius 1 is 1.18 bits per heavy atom. The molecule has 0 fully saturated rings. The molecule has 4 N–H and O–H groups in total. The van der Waals surface area contributed by atoms with Crippen molar-refractivity contribution in [2.24, 2.45) is 0 Å². The maximum atomic E-state index is 11.9. The molecule has 9 heteroatoms. The summed E-state index contributed by atoms with van der Waals surface area (Å²) >= 11 is 0. The number of quaternary nitrogens is 1. The second-order valence-corrected chi connectivity index (χ2v) is 4.08. The van der Waals surface area contributed by atoms with Crippen molar-refractivity contribution < 1.29 is 15.7 Å². The lowest BCUT2D eigenvalue weighted by Gasteiger charge is -2.08. The molecule has 0 amide bonds. The van der Waals surface area contributed by atoms with Gasteiger partial charge < -0.3 is 4.84 Å². The van der Waals surface area contributed by atoms with Crippen LogP contribution in [0.1, 0.15) is 11.1 Å². The average molecular weight is 298 g/mol. The van der Waals surface area contributed by atoms with E-state index in [0.29, 0.717) is 5.56 Å². The molecule has 0 radical (unpaired) electrons. The quantitative estimate of drug-likeness (QED) is 0.608. The number of nitro benzene ring substituents is 1. The summed E-state index contributed by atoms with van der Waals surface area (Å²) in [7, 11) is 0. The molecule has 9 nitrogen and oxygen atoms in total. The van der Waals surface area contributed by atoms with E-state index in [1.165, 1.54) is 24.3 Å². The number of nitrogens with zero attached hydrogens (tertiary/aromatic N) is 3. The number of nitriles is 2. The van der Waals surface area contributed by atoms with E-state index in [1.54, 1.807) is 6.07 Å². The highest BCUT2D eigenvalue weighted by Gasteiger charge is 2.21. The Morgan fingerprint density at radius 2 is 1.77 bits per heavy atom. The molecule has 1 aromatic heterocycles. The van der Waals surface area contributed by atoms with E-state index in [4.69, 9.17) is 10.1 Å². The number of benzene rings is 1. The smallest absolute Gasteiger partial charge is 0.280 e. The summed E-state index contributed by atoms with van der Waals surface area (Å²) in [5, 5.41) is 29.1. The zero-order valence-electron chi connectivity index (χ0n) is 11.0. The highest BCUT2D eigenvalue weighted by Crippen LogP contribution is 2.30. The molecule has 108 valence electrons. The number of H-pyrrole nitrogens is 1. The Hall–Kier alpha value is -3.69. The van der Waals surface area contributed by atoms with Crippen LogP contribution in [-0.2, 0) is 0 Å². The van der Waals surface area contributed by atoms with Crippen molar-refractivity contribution in [1.82, 2.24) is 4.98 Å². The topological polar surface area (TPSA) is 160 Å². The van der Waals surface area contributed by atoms with Gasteiger partial charge in [0, 0.05) is 17.7 Å². The maximum Gasteiger partial charge on any atom is 0.280 e. The van der Waals surface area contributed by atoms with Gasteiger partial charge in [-0.3, -0.25) is 19.9 Å². The summed E-state index contributed by atoms with van der Waals surface area (Å²) in [6.07, 6.45) is 0. The van der Waals surface area contributed by atoms with Crippen LogP contribution in [-0.4, -0.2) is 9.91 Å². The molecule has 0 unspecified atom stereocenters. The molecule has 1 heterocycles. The van der Waals surface area contributed by atoms with Crippen LogP contribution in [0.15, 0.2) is 29.1 Å². The number of hydrogen-bond acceptors (Lipinski definition) is 6. The first-order valence-corrected chi connectivity index (χ1v) is 5.80. The lowest BCUT2D eigenvalue weighted by Crippen LogP contribution is -2.54. The molecule has 0 saturated heterocycles. The van der Waals surface area contributed by atoms with E-state index in [2.05, 4.69) is 10.9 Å². The molecule has 2 rings (SSSR count). The monoisotopic (exact) mass is 298 g/mol. The van der Waals surface area contributed by atoms with Crippen molar-refractivity contribution >= 4 is 5.69 Å². The van der Waals surface area contributed by atoms with Crippen LogP contribution in [0.2, 0.25) is 0 Å². The van der Waals surface area contributed by atoms with Crippen molar-refractivity contribution in [2.45, 2.75) is 0 Å². The number of pyridine rings is 1. The zero-order valence-corrected chi connectivity index (χ0v) is 11.0. The average Bonchev–Trinajstić information content (AvgIpc) is 2.53. The van der Waals surface area contributed by atoms with Crippen molar-refractivity contribution in [1.29, 1.82) is 10.5 Å². The number of non-ortho nitro benzene ring substituents is 1. The van der Waals surface area contributed by atoms with Gasteiger partial charge in [-0.05, 0) is 17.7 Å². The molecule has 0 aliphatic carbocycles. The number of nitrogens with one attached hydrogen (secondary N) is 1. The number of nitro groups is 1. The van der Waals surface area contributed by atoms with E-state index < -0.39 is 10.5 Å². The first-order valence-electron chi connectivity index (χ1n) is 5.80. The largest absolute Gasteiger partial charge is 0.301 e. The first kappa shape index (κ1) is 14.7. The summed E-state index contributed by atoms with van der Waals surface area (Å²) in [5.41, 5.74) is -0.913. The van der Waals surface area contributed by atoms with Crippen LogP contribution < -0.4 is 16.3 Å².